The minimum absolute atomic E-state index is 0. The van der Waals surface area contributed by atoms with E-state index >= 15 is 0 Å². The summed E-state index contributed by atoms with van der Waals surface area (Å²) in [4.78, 5) is 76.0. The molecule has 0 bridgehead atoms. The molecular formula is C60H55Cl2F15I2N4O12S. The van der Waals surface area contributed by atoms with E-state index in [-0.39, 0.29) is 81.2 Å². The highest BCUT2D eigenvalue weighted by molar-refractivity contribution is 14.1. The monoisotopic (exact) mass is 1660 g/mol. The van der Waals surface area contributed by atoms with Gasteiger partial charge in [0.05, 0.1) is 31.2 Å². The van der Waals surface area contributed by atoms with Crippen LogP contribution >= 0.6 is 45.8 Å². The first-order chi connectivity index (χ1) is 44.0. The number of alkyl halides is 17. The Morgan fingerprint density at radius 2 is 0.875 bits per heavy atom. The molecule has 5 aromatic rings. The quantitative estimate of drug-likeness (QED) is 0.0168. The lowest BCUT2D eigenvalue weighted by Gasteiger charge is -2.38. The van der Waals surface area contributed by atoms with E-state index in [2.05, 4.69) is 0 Å². The van der Waals surface area contributed by atoms with Crippen LogP contribution < -0.4 is 25.9 Å². The maximum atomic E-state index is 14.9. The van der Waals surface area contributed by atoms with Gasteiger partial charge >= 0.3 is 51.4 Å². The lowest BCUT2D eigenvalue weighted by Crippen LogP contribution is -3.61. The summed E-state index contributed by atoms with van der Waals surface area (Å²) in [6.07, 6.45) is -20.0. The molecule has 0 saturated heterocycles. The van der Waals surface area contributed by atoms with Crippen LogP contribution in [0.1, 0.15) is 53.6 Å². The predicted molar refractivity (Wildman–Crippen MR) is 319 cm³/mol. The minimum Gasteiger partial charge on any atom is -0.741 e. The van der Waals surface area contributed by atoms with Crippen LogP contribution in [0.5, 0.6) is 5.75 Å². The molecule has 0 N–H and O–H groups in total. The molecule has 0 saturated carbocycles. The second-order valence-corrected chi connectivity index (χ2v) is 25.9. The van der Waals surface area contributed by atoms with Gasteiger partial charge in [-0.1, -0.05) is 80.2 Å². The van der Waals surface area contributed by atoms with E-state index in [1.807, 2.05) is 0 Å². The zero-order chi connectivity index (χ0) is 71.7. The third-order valence-electron chi connectivity index (χ3n) is 13.1. The van der Waals surface area contributed by atoms with Crippen molar-refractivity contribution in [3.63, 3.8) is 0 Å². The molecule has 0 fully saturated rings. The summed E-state index contributed by atoms with van der Waals surface area (Å²) >= 11 is 9.32. The molecule has 2 aliphatic heterocycles. The predicted octanol–water partition coefficient (Wildman–Crippen LogP) is 9.84. The first-order valence-corrected chi connectivity index (χ1v) is 32.2. The first kappa shape index (κ1) is 83.6. The number of halogens is 19. The summed E-state index contributed by atoms with van der Waals surface area (Å²) in [7, 11) is -2.04. The van der Waals surface area contributed by atoms with Crippen molar-refractivity contribution in [2.45, 2.75) is 88.0 Å². The number of hydrogen-bond acceptors (Lipinski definition) is 12. The largest absolute Gasteiger partial charge is 0.741 e. The van der Waals surface area contributed by atoms with Crippen LogP contribution in [0.3, 0.4) is 0 Å². The Hall–Kier alpha value is -6.58. The molecule has 0 unspecified atom stereocenters. The minimum atomic E-state index is -6.09. The molecule has 96 heavy (non-hydrogen) atoms. The van der Waals surface area contributed by atoms with E-state index in [1.54, 1.807) is 36.4 Å². The normalized spacial score (nSPS) is 13.6. The second kappa shape index (κ2) is 35.3. The summed E-state index contributed by atoms with van der Waals surface area (Å²) in [5, 5.41) is 0.194. The van der Waals surface area contributed by atoms with Crippen LogP contribution in [-0.2, 0) is 85.9 Å². The molecule has 5 aromatic carbocycles. The smallest absolute Gasteiger partial charge is 0.485 e. The lowest BCUT2D eigenvalue weighted by molar-refractivity contribution is -0.600. The number of rotatable bonds is 21. The van der Waals surface area contributed by atoms with Crippen LogP contribution in [0.2, 0.25) is 0 Å². The molecule has 2 aliphatic rings. The number of carbonyl (C=O) groups excluding carboxylic acids is 6. The van der Waals surface area contributed by atoms with Crippen molar-refractivity contribution in [3.8, 4) is 5.75 Å². The van der Waals surface area contributed by atoms with Gasteiger partial charge < -0.3 is 28.6 Å². The number of benzene rings is 5. The highest BCUT2D eigenvalue weighted by Gasteiger charge is 2.76. The van der Waals surface area contributed by atoms with Crippen LogP contribution in [0.15, 0.2) is 146 Å². The Balaban J connectivity index is 0.000000434. The van der Waals surface area contributed by atoms with Gasteiger partial charge in [-0.3, -0.25) is 38.6 Å². The summed E-state index contributed by atoms with van der Waals surface area (Å²) in [5.74, 6) is -3.04. The summed E-state index contributed by atoms with van der Waals surface area (Å²) < 4.78 is 249. The van der Waals surface area contributed by atoms with Crippen LogP contribution in [0.4, 0.5) is 65.9 Å². The van der Waals surface area contributed by atoms with Gasteiger partial charge in [-0.2, -0.15) is 65.9 Å². The van der Waals surface area contributed by atoms with Crippen LogP contribution in [0.25, 0.3) is 0 Å². The van der Waals surface area contributed by atoms with E-state index in [1.165, 1.54) is 111 Å². The van der Waals surface area contributed by atoms with Gasteiger partial charge in [-0.05, 0) is 93.4 Å². The van der Waals surface area contributed by atoms with Crippen molar-refractivity contribution in [2.75, 3.05) is 39.6 Å². The van der Waals surface area contributed by atoms with Crippen LogP contribution in [-0.4, -0.2) is 138 Å². The highest BCUT2D eigenvalue weighted by atomic mass is 127. The Bertz CT molecular complexity index is 3600. The fourth-order valence-corrected chi connectivity index (χ4v) is 11.8. The fraction of sp³-hybridized carbons (Fsp3) is 0.333. The number of methoxy groups -OCH3 is 1. The first-order valence-electron chi connectivity index (χ1n) is 26.5. The van der Waals surface area contributed by atoms with E-state index < -0.39 is 133 Å². The molecule has 0 radical (unpaired) electrons. The SMILES string of the molecule is C.CN(Cc1ccc(I)c(C(OCc2ccccc2)(C(F)(F)F)C(F)(F)F)c1)C(=O)CCN1C(=O)C=CC1=O.COc1ccc([I+]c2ccc(CN(C)C(=O)CCN3C(=O)C=CC3=O)cc2C(OCc2ccccc2)(C(F)(F)F)C(F)(F)F)cc1.ClCCl.O=S(=O)([O-])C(F)(F)F. The van der Waals surface area contributed by atoms with Gasteiger partial charge in [0.1, 0.15) is 5.75 Å². The van der Waals surface area contributed by atoms with Gasteiger partial charge in [0.2, 0.25) is 15.4 Å². The maximum Gasteiger partial charge on any atom is 0.485 e. The van der Waals surface area contributed by atoms with Crippen molar-refractivity contribution in [3.05, 3.63) is 190 Å². The maximum absolute atomic E-state index is 14.9. The molecule has 16 nitrogen and oxygen atoms in total. The second-order valence-electron chi connectivity index (χ2n) is 19.6. The molecule has 6 amide bonds. The third-order valence-corrected chi connectivity index (χ3v) is 17.5. The van der Waals surface area contributed by atoms with E-state index in [4.69, 9.17) is 50.4 Å². The summed E-state index contributed by atoms with van der Waals surface area (Å²) in [6, 6.07) is 27.2. The van der Waals surface area contributed by atoms with Crippen molar-refractivity contribution in [1.29, 1.82) is 0 Å². The molecule has 0 aromatic heterocycles. The van der Waals surface area contributed by atoms with Crippen molar-refractivity contribution in [2.24, 2.45) is 0 Å². The van der Waals surface area contributed by atoms with Gasteiger partial charge in [0.25, 0.3) is 34.8 Å². The standard InChI is InChI=1S/C32H28F6IN2O5.C25H21F6IN2O4.CH2Cl2.CHF3O3S.CH4/c1-40(27(42)16-17-41-28(43)14-15-29(41)44)19-22-8-13-26(39-23-9-11-24(45-2)12-10-23)25(18-22)30(31(33,34)35,32(36,37)38)46-20-21-6-4-3-5-7-21;1-33(20(35)11-12-34-21(36)9-10-22(34)37)14-17-7-8-19(32)18(13-17)23(24(26,27)28,25(29,30)31)38-15-16-5-3-2-4-6-16;2-1-3;2-1(3,4)8(5,6)7;/h3-15,18H,16-17,19-20H2,1-2H3;2-10,13H,11-12,14-15H2,1H3;1H2;(H,5,6,7);1H4/q+1;;;;/p-1. The van der Waals surface area contributed by atoms with Crippen molar-refractivity contribution in [1.82, 2.24) is 19.6 Å². The van der Waals surface area contributed by atoms with Gasteiger partial charge in [-0.15, -0.1) is 23.2 Å². The zero-order valence-corrected chi connectivity index (χ0v) is 55.6. The average Bonchev–Trinajstić information content (AvgIpc) is 0.825. The number of imide groups is 2. The third kappa shape index (κ3) is 22.0. The topological polar surface area (TPSA) is 200 Å². The zero-order valence-electron chi connectivity index (χ0n) is 49.0. The van der Waals surface area contributed by atoms with Gasteiger partial charge in [0.15, 0.2) is 13.7 Å². The van der Waals surface area contributed by atoms with Crippen molar-refractivity contribution >= 4 is 91.4 Å². The molecule has 36 heteroatoms. The molecular weight excluding hydrogens is 1610 g/mol. The number of amides is 6. The average molecular weight is 1670 g/mol. The molecule has 526 valence electrons. The summed E-state index contributed by atoms with van der Waals surface area (Å²) in [5.41, 5.74) is -17.0. The molecule has 0 atom stereocenters. The molecule has 2 heterocycles. The Kier molecular flexibility index (Phi) is 30.7. The fourth-order valence-electron chi connectivity index (χ4n) is 8.49. The van der Waals surface area contributed by atoms with E-state index in [9.17, 15) is 94.6 Å². The number of hydrogen-bond donors (Lipinski definition) is 0. The van der Waals surface area contributed by atoms with Crippen LogP contribution in [0, 0.1) is 10.7 Å². The Labute approximate surface area is 573 Å². The van der Waals surface area contributed by atoms with Gasteiger partial charge in [0, 0.05) is 86.6 Å². The van der Waals surface area contributed by atoms with E-state index in [0.717, 1.165) is 62.1 Å². The van der Waals surface area contributed by atoms with Gasteiger partial charge in [-0.25, -0.2) is 8.42 Å². The number of carbonyl (C=O) groups is 6. The highest BCUT2D eigenvalue weighted by Crippen LogP contribution is 2.55. The summed E-state index contributed by atoms with van der Waals surface area (Å²) in [6.45, 7) is -3.06. The number of ether oxygens (including phenoxy) is 3. The Morgan fingerprint density at radius 3 is 1.21 bits per heavy atom. The molecule has 0 aliphatic carbocycles. The Morgan fingerprint density at radius 1 is 0.542 bits per heavy atom. The number of nitrogens with zero attached hydrogens (tertiary/aromatic N) is 4. The molecule has 7 rings (SSSR count). The lowest BCUT2D eigenvalue weighted by atomic mass is 9.90. The van der Waals surface area contributed by atoms with Crippen molar-refractivity contribution < 1.29 is 143 Å². The van der Waals surface area contributed by atoms with E-state index in [0.29, 0.717) is 9.32 Å². The molecule has 0 spiro atoms.